The second kappa shape index (κ2) is 3.80. The predicted molar refractivity (Wildman–Crippen MR) is 60.5 cm³/mol. The molecule has 72 valence electrons. The Kier molecular flexibility index (Phi) is 2.50. The summed E-state index contributed by atoms with van der Waals surface area (Å²) in [5, 5.41) is 0. The van der Waals surface area contributed by atoms with Crippen LogP contribution in [0.5, 0.6) is 0 Å². The molecule has 2 N–H and O–H groups in total. The van der Waals surface area contributed by atoms with E-state index in [1.165, 1.54) is 22.7 Å². The molecule has 1 heterocycles. The fourth-order valence-electron chi connectivity index (χ4n) is 1.41. The van der Waals surface area contributed by atoms with Gasteiger partial charge in [0.2, 0.25) is 0 Å². The molecule has 0 aliphatic carbocycles. The smallest absolute Gasteiger partial charge is 0.0663 e. The number of hydrogen-bond donors (Lipinski definition) is 1. The van der Waals surface area contributed by atoms with E-state index in [4.69, 9.17) is 5.73 Å². The molecule has 0 radical (unpaired) electrons. The molecule has 1 aromatic carbocycles. The second-order valence-electron chi connectivity index (χ2n) is 3.37. The van der Waals surface area contributed by atoms with Gasteiger partial charge in [-0.1, -0.05) is 29.8 Å². The van der Waals surface area contributed by atoms with E-state index in [-0.39, 0.29) is 0 Å². The highest BCUT2D eigenvalue weighted by atomic mass is 32.1. The average molecular weight is 204 g/mol. The number of hydrogen-bond acceptors (Lipinski definition) is 3. The molecular weight excluding hydrogens is 192 g/mol. The molecule has 0 amide bonds. The van der Waals surface area contributed by atoms with E-state index in [1.54, 1.807) is 6.20 Å². The summed E-state index contributed by atoms with van der Waals surface area (Å²) in [6, 6.07) is 8.47. The molecule has 0 spiro atoms. The summed E-state index contributed by atoms with van der Waals surface area (Å²) in [6.45, 7) is 2.10. The number of rotatable bonds is 2. The average Bonchev–Trinajstić information content (AvgIpc) is 2.52. The lowest BCUT2D eigenvalue weighted by molar-refractivity contribution is 1.23. The van der Waals surface area contributed by atoms with E-state index in [0.717, 1.165) is 17.0 Å². The van der Waals surface area contributed by atoms with Crippen molar-refractivity contribution in [1.82, 2.24) is 4.37 Å². The molecule has 2 rings (SSSR count). The number of benzene rings is 1. The molecule has 0 unspecified atom stereocenters. The minimum absolute atomic E-state index is 0.802. The number of aromatic nitrogens is 1. The first kappa shape index (κ1) is 9.21. The zero-order chi connectivity index (χ0) is 9.97. The van der Waals surface area contributed by atoms with E-state index >= 15 is 0 Å². The van der Waals surface area contributed by atoms with Crippen LogP contribution in [0, 0.1) is 6.92 Å². The second-order valence-corrected chi connectivity index (χ2v) is 4.26. The van der Waals surface area contributed by atoms with Crippen LogP contribution in [0.15, 0.2) is 30.5 Å². The lowest BCUT2D eigenvalue weighted by Crippen LogP contribution is -1.90. The molecule has 2 aromatic rings. The van der Waals surface area contributed by atoms with Crippen molar-refractivity contribution in [2.75, 3.05) is 5.73 Å². The van der Waals surface area contributed by atoms with Gasteiger partial charge in [-0.05, 0) is 24.0 Å². The maximum atomic E-state index is 5.77. The van der Waals surface area contributed by atoms with Crippen molar-refractivity contribution < 1.29 is 0 Å². The molecule has 0 aliphatic heterocycles. The summed E-state index contributed by atoms with van der Waals surface area (Å²) in [7, 11) is 0. The van der Waals surface area contributed by atoms with Crippen molar-refractivity contribution in [2.45, 2.75) is 13.3 Å². The molecule has 0 fully saturated rings. The third-order valence-corrected chi connectivity index (χ3v) is 2.94. The largest absolute Gasteiger partial charge is 0.397 e. The standard InChI is InChI=1S/C11H12N2S/c1-8-3-2-4-9(5-8)6-11-10(12)7-13-14-11/h2-5,7H,6,12H2,1H3. The molecule has 14 heavy (non-hydrogen) atoms. The molecule has 1 aromatic heterocycles. The van der Waals surface area contributed by atoms with Gasteiger partial charge in [-0.2, -0.15) is 4.37 Å². The highest BCUT2D eigenvalue weighted by Gasteiger charge is 2.03. The predicted octanol–water partition coefficient (Wildman–Crippen LogP) is 2.62. The molecule has 0 saturated carbocycles. The Bertz CT molecular complexity index is 434. The number of nitrogens with zero attached hydrogens (tertiary/aromatic N) is 1. The van der Waals surface area contributed by atoms with Gasteiger partial charge >= 0.3 is 0 Å². The maximum Gasteiger partial charge on any atom is 0.0663 e. The summed E-state index contributed by atoms with van der Waals surface area (Å²) in [6.07, 6.45) is 2.61. The van der Waals surface area contributed by atoms with E-state index in [9.17, 15) is 0 Å². The minimum atomic E-state index is 0.802. The van der Waals surface area contributed by atoms with Crippen molar-refractivity contribution in [3.8, 4) is 0 Å². The first-order chi connectivity index (χ1) is 6.75. The Morgan fingerprint density at radius 3 is 2.93 bits per heavy atom. The first-order valence-corrected chi connectivity index (χ1v) is 5.27. The fraction of sp³-hybridized carbons (Fsp3) is 0.182. The number of nitrogens with two attached hydrogens (primary N) is 1. The molecule has 2 nitrogen and oxygen atoms in total. The van der Waals surface area contributed by atoms with Crippen molar-refractivity contribution in [1.29, 1.82) is 0 Å². The van der Waals surface area contributed by atoms with Crippen LogP contribution < -0.4 is 5.73 Å². The highest BCUT2D eigenvalue weighted by molar-refractivity contribution is 7.06. The topological polar surface area (TPSA) is 38.9 Å². The molecule has 0 saturated heterocycles. The van der Waals surface area contributed by atoms with E-state index in [2.05, 4.69) is 35.6 Å². The van der Waals surface area contributed by atoms with Gasteiger partial charge < -0.3 is 5.73 Å². The zero-order valence-corrected chi connectivity index (χ0v) is 8.84. The van der Waals surface area contributed by atoms with Crippen LogP contribution in [-0.2, 0) is 6.42 Å². The van der Waals surface area contributed by atoms with Crippen LogP contribution in [0.4, 0.5) is 5.69 Å². The number of aryl methyl sites for hydroxylation is 1. The summed E-state index contributed by atoms with van der Waals surface area (Å²) >= 11 is 1.48. The number of anilines is 1. The third kappa shape index (κ3) is 1.93. The van der Waals surface area contributed by atoms with Crippen LogP contribution in [0.3, 0.4) is 0 Å². The van der Waals surface area contributed by atoms with E-state index < -0.39 is 0 Å². The van der Waals surface area contributed by atoms with Crippen molar-refractivity contribution in [3.63, 3.8) is 0 Å². The fourth-order valence-corrected chi connectivity index (χ4v) is 2.10. The lowest BCUT2D eigenvalue weighted by Gasteiger charge is -2.00. The Labute approximate surface area is 87.6 Å². The van der Waals surface area contributed by atoms with Crippen LogP contribution >= 0.6 is 11.5 Å². The van der Waals surface area contributed by atoms with E-state index in [0.29, 0.717) is 0 Å². The van der Waals surface area contributed by atoms with Crippen molar-refractivity contribution in [2.24, 2.45) is 0 Å². The molecule has 0 aliphatic rings. The van der Waals surface area contributed by atoms with Crippen LogP contribution in [0.25, 0.3) is 0 Å². The van der Waals surface area contributed by atoms with Crippen LogP contribution in [0.2, 0.25) is 0 Å². The van der Waals surface area contributed by atoms with Crippen molar-refractivity contribution >= 4 is 17.2 Å². The summed E-state index contributed by atoms with van der Waals surface area (Å²) in [4.78, 5) is 1.15. The van der Waals surface area contributed by atoms with Gasteiger partial charge in [0, 0.05) is 6.42 Å². The minimum Gasteiger partial charge on any atom is -0.397 e. The van der Waals surface area contributed by atoms with Crippen LogP contribution in [-0.4, -0.2) is 4.37 Å². The summed E-state index contributed by atoms with van der Waals surface area (Å²) in [5.41, 5.74) is 9.15. The first-order valence-electron chi connectivity index (χ1n) is 4.50. The van der Waals surface area contributed by atoms with Gasteiger partial charge in [-0.25, -0.2) is 0 Å². The Morgan fingerprint density at radius 2 is 2.29 bits per heavy atom. The third-order valence-electron chi connectivity index (χ3n) is 2.12. The lowest BCUT2D eigenvalue weighted by atomic mass is 10.1. The van der Waals surface area contributed by atoms with E-state index in [1.807, 2.05) is 0 Å². The molecule has 0 atom stereocenters. The van der Waals surface area contributed by atoms with Crippen LogP contribution in [0.1, 0.15) is 16.0 Å². The SMILES string of the molecule is Cc1cccc(Cc2sncc2N)c1. The Balaban J connectivity index is 2.23. The monoisotopic (exact) mass is 204 g/mol. The molecule has 3 heteroatoms. The molecule has 0 bridgehead atoms. The summed E-state index contributed by atoms with van der Waals surface area (Å²) in [5.74, 6) is 0. The summed E-state index contributed by atoms with van der Waals surface area (Å²) < 4.78 is 4.06. The zero-order valence-electron chi connectivity index (χ0n) is 8.03. The Hall–Kier alpha value is -1.35. The molecular formula is C11H12N2S. The maximum absolute atomic E-state index is 5.77. The van der Waals surface area contributed by atoms with Gasteiger partial charge in [-0.3, -0.25) is 0 Å². The van der Waals surface area contributed by atoms with Gasteiger partial charge in [0.1, 0.15) is 0 Å². The number of nitrogen functional groups attached to an aromatic ring is 1. The van der Waals surface area contributed by atoms with Gasteiger partial charge in [-0.15, -0.1) is 0 Å². The highest BCUT2D eigenvalue weighted by Crippen LogP contribution is 2.20. The van der Waals surface area contributed by atoms with Crippen molar-refractivity contribution in [3.05, 3.63) is 46.5 Å². The quantitative estimate of drug-likeness (QED) is 0.816. The van der Waals surface area contributed by atoms with Gasteiger partial charge in [0.05, 0.1) is 16.8 Å². The van der Waals surface area contributed by atoms with Gasteiger partial charge in [0.25, 0.3) is 0 Å². The normalized spacial score (nSPS) is 10.4. The van der Waals surface area contributed by atoms with Gasteiger partial charge in [0.15, 0.2) is 0 Å². The Morgan fingerprint density at radius 1 is 1.43 bits per heavy atom.